The van der Waals surface area contributed by atoms with Gasteiger partial charge in [0.1, 0.15) is 0 Å². The van der Waals surface area contributed by atoms with E-state index < -0.39 is 0 Å². The maximum Gasteiger partial charge on any atom is 0.305 e. The van der Waals surface area contributed by atoms with Crippen molar-refractivity contribution >= 4 is 28.9 Å². The molecule has 35 heavy (non-hydrogen) atoms. The van der Waals surface area contributed by atoms with Crippen LogP contribution in [0, 0.1) is 13.8 Å². The van der Waals surface area contributed by atoms with E-state index >= 15 is 0 Å². The van der Waals surface area contributed by atoms with Crippen LogP contribution in [0.5, 0.6) is 0 Å². The molecule has 0 saturated carbocycles. The molecule has 1 amide bonds. The van der Waals surface area contributed by atoms with Gasteiger partial charge in [-0.2, -0.15) is 5.10 Å². The number of carbonyl (C=O) groups excluding carboxylic acids is 2. The average molecular weight is 469 g/mol. The van der Waals surface area contributed by atoms with Crippen LogP contribution in [0.15, 0.2) is 78.9 Å². The molecule has 7 nitrogen and oxygen atoms in total. The molecule has 1 aromatic heterocycles. The lowest BCUT2D eigenvalue weighted by molar-refractivity contribution is -0.140. The van der Waals surface area contributed by atoms with Gasteiger partial charge in [-0.15, -0.1) is 0 Å². The molecule has 0 saturated heterocycles. The van der Waals surface area contributed by atoms with Crippen molar-refractivity contribution in [2.75, 3.05) is 17.7 Å². The number of nitrogens with zero attached hydrogens (tertiary/aromatic N) is 2. The molecule has 0 bridgehead atoms. The summed E-state index contributed by atoms with van der Waals surface area (Å²) < 4.78 is 6.59. The molecule has 0 aliphatic rings. The number of aromatic nitrogens is 2. The van der Waals surface area contributed by atoms with Crippen LogP contribution in [0.2, 0.25) is 0 Å². The normalized spacial score (nSPS) is 10.6. The number of amides is 1. The van der Waals surface area contributed by atoms with E-state index in [9.17, 15) is 9.59 Å². The number of rotatable bonds is 8. The van der Waals surface area contributed by atoms with Gasteiger partial charge in [0.25, 0.3) is 5.91 Å². The number of aryl methyl sites for hydroxylation is 1. The minimum absolute atomic E-state index is 0.203. The summed E-state index contributed by atoms with van der Waals surface area (Å²) >= 11 is 0. The predicted molar refractivity (Wildman–Crippen MR) is 137 cm³/mol. The van der Waals surface area contributed by atoms with Crippen LogP contribution in [0.3, 0.4) is 0 Å². The highest BCUT2D eigenvalue weighted by Crippen LogP contribution is 2.26. The molecule has 0 aliphatic carbocycles. The number of hydrogen-bond donors (Lipinski definition) is 2. The molecule has 0 unspecified atom stereocenters. The number of para-hydroxylation sites is 3. The molecule has 1 heterocycles. The third-order valence-corrected chi connectivity index (χ3v) is 5.85. The molecule has 4 aromatic rings. The zero-order valence-corrected chi connectivity index (χ0v) is 20.0. The fraction of sp³-hybridized carbons (Fsp3) is 0.179. The van der Waals surface area contributed by atoms with Crippen molar-refractivity contribution in [3.63, 3.8) is 0 Å². The zero-order chi connectivity index (χ0) is 24.8. The smallest absolute Gasteiger partial charge is 0.305 e. The number of ether oxygens (including phenoxy) is 1. The first-order valence-corrected chi connectivity index (χ1v) is 11.4. The van der Waals surface area contributed by atoms with Gasteiger partial charge >= 0.3 is 5.97 Å². The maximum absolute atomic E-state index is 13.0. The van der Waals surface area contributed by atoms with Gasteiger partial charge in [0.2, 0.25) is 0 Å². The summed E-state index contributed by atoms with van der Waals surface area (Å²) in [7, 11) is 1.39. The van der Waals surface area contributed by atoms with E-state index in [4.69, 9.17) is 4.74 Å². The number of hydrogen-bond acceptors (Lipinski definition) is 5. The van der Waals surface area contributed by atoms with E-state index in [0.29, 0.717) is 24.1 Å². The molecule has 0 atom stereocenters. The first-order valence-electron chi connectivity index (χ1n) is 11.4. The Morgan fingerprint density at radius 1 is 0.886 bits per heavy atom. The molecule has 0 radical (unpaired) electrons. The van der Waals surface area contributed by atoms with Crippen LogP contribution in [0.1, 0.15) is 33.7 Å². The number of nitrogens with one attached hydrogen (secondary N) is 2. The van der Waals surface area contributed by atoms with Crippen LogP contribution in [0.25, 0.3) is 5.69 Å². The fourth-order valence-corrected chi connectivity index (χ4v) is 3.94. The lowest BCUT2D eigenvalue weighted by Gasteiger charge is -2.13. The summed E-state index contributed by atoms with van der Waals surface area (Å²) in [5, 5.41) is 11.0. The summed E-state index contributed by atoms with van der Waals surface area (Å²) in [6.45, 7) is 3.91. The minimum atomic E-state index is -0.243. The van der Waals surface area contributed by atoms with Crippen LogP contribution in [0.4, 0.5) is 17.1 Å². The summed E-state index contributed by atoms with van der Waals surface area (Å²) in [6, 6.07) is 24.7. The largest absolute Gasteiger partial charge is 0.469 e. The highest BCUT2D eigenvalue weighted by Gasteiger charge is 2.15. The van der Waals surface area contributed by atoms with Crippen LogP contribution < -0.4 is 10.6 Å². The zero-order valence-electron chi connectivity index (χ0n) is 20.0. The van der Waals surface area contributed by atoms with Gasteiger partial charge in [0.15, 0.2) is 0 Å². The topological polar surface area (TPSA) is 85.2 Å². The van der Waals surface area contributed by atoms with Crippen molar-refractivity contribution < 1.29 is 14.3 Å². The Morgan fingerprint density at radius 2 is 1.54 bits per heavy atom. The average Bonchev–Trinajstić information content (AvgIpc) is 3.17. The predicted octanol–water partition coefficient (Wildman–Crippen LogP) is 5.59. The van der Waals surface area contributed by atoms with Crippen molar-refractivity contribution in [3.05, 3.63) is 101 Å². The Kier molecular flexibility index (Phi) is 7.26. The summed E-state index contributed by atoms with van der Waals surface area (Å²) in [5.41, 5.74) is 6.69. The Bertz CT molecular complexity index is 1330. The van der Waals surface area contributed by atoms with Crippen LogP contribution in [-0.2, 0) is 16.0 Å². The van der Waals surface area contributed by atoms with Gasteiger partial charge in [-0.05, 0) is 74.4 Å². The second-order valence-electron chi connectivity index (χ2n) is 8.17. The van der Waals surface area contributed by atoms with Gasteiger partial charge in [-0.25, -0.2) is 4.68 Å². The molecule has 0 fully saturated rings. The van der Waals surface area contributed by atoms with Crippen LogP contribution >= 0.6 is 0 Å². The summed E-state index contributed by atoms with van der Waals surface area (Å²) in [4.78, 5) is 24.5. The summed E-state index contributed by atoms with van der Waals surface area (Å²) in [5.74, 6) is -0.446. The third kappa shape index (κ3) is 5.58. The van der Waals surface area contributed by atoms with Crippen molar-refractivity contribution in [2.24, 2.45) is 0 Å². The van der Waals surface area contributed by atoms with Gasteiger partial charge in [-0.1, -0.05) is 30.3 Å². The van der Waals surface area contributed by atoms with Crippen LogP contribution in [-0.4, -0.2) is 28.8 Å². The lowest BCUT2D eigenvalue weighted by Crippen LogP contribution is -2.13. The Balaban J connectivity index is 1.49. The molecule has 2 N–H and O–H groups in total. The van der Waals surface area contributed by atoms with Crippen molar-refractivity contribution in [1.82, 2.24) is 9.78 Å². The van der Waals surface area contributed by atoms with Gasteiger partial charge in [0.05, 0.1) is 29.9 Å². The quantitative estimate of drug-likeness (QED) is 0.329. The van der Waals surface area contributed by atoms with Crippen molar-refractivity contribution in [2.45, 2.75) is 26.7 Å². The molecular formula is C28H28N4O3. The monoisotopic (exact) mass is 468 g/mol. The minimum Gasteiger partial charge on any atom is -0.469 e. The van der Waals surface area contributed by atoms with E-state index in [2.05, 4.69) is 15.7 Å². The first kappa shape index (κ1) is 23.8. The lowest BCUT2D eigenvalue weighted by atomic mass is 10.1. The molecular weight excluding hydrogens is 440 g/mol. The van der Waals surface area contributed by atoms with Gasteiger partial charge in [0, 0.05) is 23.4 Å². The molecule has 4 rings (SSSR count). The second-order valence-corrected chi connectivity index (χ2v) is 8.17. The summed E-state index contributed by atoms with van der Waals surface area (Å²) in [6.07, 6.45) is 0.880. The molecule has 0 aliphatic heterocycles. The Hall–Kier alpha value is -4.39. The number of methoxy groups -OCH3 is 1. The number of anilines is 3. The van der Waals surface area contributed by atoms with E-state index in [1.54, 1.807) is 12.1 Å². The molecule has 178 valence electrons. The Morgan fingerprint density at radius 3 is 2.23 bits per heavy atom. The maximum atomic E-state index is 13.0. The molecule has 3 aromatic carbocycles. The highest BCUT2D eigenvalue weighted by molar-refractivity contribution is 6.06. The molecule has 0 spiro atoms. The second kappa shape index (κ2) is 10.7. The first-order chi connectivity index (χ1) is 17.0. The number of carbonyl (C=O) groups is 2. The van der Waals surface area contributed by atoms with Crippen molar-refractivity contribution in [3.8, 4) is 5.69 Å². The van der Waals surface area contributed by atoms with Gasteiger partial charge < -0.3 is 15.4 Å². The SMILES string of the molecule is COC(=O)CCc1c(C)nn(-c2ccc(C(=O)Nc3ccccc3Nc3ccccc3)cc2)c1C. The van der Waals surface area contributed by atoms with Crippen molar-refractivity contribution in [1.29, 1.82) is 0 Å². The van der Waals surface area contributed by atoms with E-state index in [0.717, 1.165) is 34.0 Å². The molecule has 7 heteroatoms. The van der Waals surface area contributed by atoms with Gasteiger partial charge in [-0.3, -0.25) is 9.59 Å². The fourth-order valence-electron chi connectivity index (χ4n) is 3.94. The Labute approximate surface area is 204 Å². The third-order valence-electron chi connectivity index (χ3n) is 5.85. The number of benzene rings is 3. The van der Waals surface area contributed by atoms with E-state index in [-0.39, 0.29) is 11.9 Å². The highest BCUT2D eigenvalue weighted by atomic mass is 16.5. The standard InChI is InChI=1S/C28H28N4O3/c1-19-24(17-18-27(33)35-3)20(2)32(31-19)23-15-13-21(14-16-23)28(34)30-26-12-8-7-11-25(26)29-22-9-5-4-6-10-22/h4-16,29H,17-18H2,1-3H3,(H,30,34). The van der Waals surface area contributed by atoms with E-state index in [1.807, 2.05) is 85.3 Å². The number of esters is 1. The van der Waals surface area contributed by atoms with E-state index in [1.165, 1.54) is 7.11 Å².